The molecule has 0 aromatic heterocycles. The summed E-state index contributed by atoms with van der Waals surface area (Å²) < 4.78 is 29.7. The molecular weight excluding hydrogens is 264 g/mol. The maximum Gasteiger partial charge on any atom is 0.325 e. The average molecular weight is 282 g/mol. The van der Waals surface area contributed by atoms with E-state index in [1.807, 2.05) is 6.92 Å². The Bertz CT molecular complexity index is 380. The van der Waals surface area contributed by atoms with Crippen LogP contribution in [0.15, 0.2) is 0 Å². The van der Waals surface area contributed by atoms with Crippen molar-refractivity contribution in [1.29, 1.82) is 0 Å². The normalized spacial score (nSPS) is 13.4. The number of ether oxygens (including phenoxy) is 1. The monoisotopic (exact) mass is 282 g/mol. The summed E-state index contributed by atoms with van der Waals surface area (Å²) in [6, 6.07) is 0. The van der Waals surface area contributed by atoms with Gasteiger partial charge in [0.05, 0.1) is 18.6 Å². The number of hydrogen-bond acceptors (Lipinski definition) is 5. The highest BCUT2D eigenvalue weighted by Crippen LogP contribution is 2.11. The molecule has 2 N–H and O–H groups in total. The van der Waals surface area contributed by atoms with Gasteiger partial charge in [0.25, 0.3) is 0 Å². The second kappa shape index (κ2) is 6.87. The lowest BCUT2D eigenvalue weighted by Gasteiger charge is -2.23. The van der Waals surface area contributed by atoms with Gasteiger partial charge >= 0.3 is 5.97 Å². The van der Waals surface area contributed by atoms with Crippen molar-refractivity contribution in [2.45, 2.75) is 25.5 Å². The minimum atomic E-state index is -3.78. The minimum Gasteiger partial charge on any atom is -0.468 e. The summed E-state index contributed by atoms with van der Waals surface area (Å²) in [7, 11) is -2.63. The Balaban J connectivity index is 5.07. The highest BCUT2D eigenvalue weighted by molar-refractivity contribution is 7.90. The van der Waals surface area contributed by atoms with Crippen LogP contribution in [0.2, 0.25) is 0 Å². The van der Waals surface area contributed by atoms with Gasteiger partial charge in [-0.15, -0.1) is 0 Å². The summed E-state index contributed by atoms with van der Waals surface area (Å²) in [6.45, 7) is 3.31. The van der Waals surface area contributed by atoms with Crippen molar-refractivity contribution in [3.05, 3.63) is 0 Å². The lowest BCUT2D eigenvalue weighted by molar-refractivity contribution is -0.139. The van der Waals surface area contributed by atoms with E-state index in [2.05, 4.69) is 4.74 Å². The number of thiocarbonyl (C=S) groups is 1. The van der Waals surface area contributed by atoms with Crippen molar-refractivity contribution in [3.8, 4) is 0 Å². The third-order valence-corrected chi connectivity index (χ3v) is 4.39. The average Bonchev–Trinajstić information content (AvgIpc) is 2.25. The van der Waals surface area contributed by atoms with E-state index in [9.17, 15) is 13.2 Å². The van der Waals surface area contributed by atoms with Crippen LogP contribution in [0.25, 0.3) is 0 Å². The van der Waals surface area contributed by atoms with Crippen molar-refractivity contribution in [3.63, 3.8) is 0 Å². The van der Waals surface area contributed by atoms with Crippen LogP contribution in [-0.2, 0) is 19.6 Å². The molecule has 6 nitrogen and oxygen atoms in total. The van der Waals surface area contributed by atoms with Crippen LogP contribution in [0.4, 0.5) is 0 Å². The standard InChI is InChI=1S/C9H18N2O4S2/c1-4-5-11(6-8(10)16)17(13,14)7(2)9(12)15-3/h7H,4-6H2,1-3H3,(H2,10,16). The first-order chi connectivity index (χ1) is 7.77. The number of esters is 1. The number of carbonyl (C=O) groups is 1. The van der Waals surface area contributed by atoms with Crippen molar-refractivity contribution in [2.75, 3.05) is 20.2 Å². The van der Waals surface area contributed by atoms with Crippen molar-refractivity contribution in [2.24, 2.45) is 5.73 Å². The van der Waals surface area contributed by atoms with Gasteiger partial charge < -0.3 is 10.5 Å². The first kappa shape index (κ1) is 16.3. The summed E-state index contributed by atoms with van der Waals surface area (Å²) in [5.41, 5.74) is 5.34. The van der Waals surface area contributed by atoms with Gasteiger partial charge in [-0.05, 0) is 13.3 Å². The van der Waals surface area contributed by atoms with Crippen LogP contribution in [-0.4, -0.2) is 49.1 Å². The molecule has 0 amide bonds. The number of sulfonamides is 1. The molecule has 0 radical (unpaired) electrons. The van der Waals surface area contributed by atoms with Gasteiger partial charge in [0.1, 0.15) is 0 Å². The van der Waals surface area contributed by atoms with E-state index < -0.39 is 21.2 Å². The molecule has 0 aromatic carbocycles. The second-order valence-corrected chi connectivity index (χ2v) is 6.29. The topological polar surface area (TPSA) is 89.7 Å². The van der Waals surface area contributed by atoms with Crippen molar-refractivity contribution in [1.82, 2.24) is 4.31 Å². The summed E-state index contributed by atoms with van der Waals surface area (Å²) >= 11 is 4.69. The van der Waals surface area contributed by atoms with Gasteiger partial charge in [0, 0.05) is 6.54 Å². The van der Waals surface area contributed by atoms with Gasteiger partial charge in [-0.2, -0.15) is 4.31 Å². The van der Waals surface area contributed by atoms with Crippen molar-refractivity contribution >= 4 is 33.2 Å². The fourth-order valence-corrected chi connectivity index (χ4v) is 3.01. The molecular formula is C9H18N2O4S2. The number of carbonyl (C=O) groups excluding carboxylic acids is 1. The Hall–Kier alpha value is -0.730. The summed E-state index contributed by atoms with van der Waals surface area (Å²) in [5.74, 6) is -0.797. The molecule has 0 aromatic rings. The van der Waals surface area contributed by atoms with Gasteiger partial charge in [-0.1, -0.05) is 19.1 Å². The first-order valence-electron chi connectivity index (χ1n) is 5.12. The molecule has 1 atom stereocenters. The molecule has 0 saturated carbocycles. The van der Waals surface area contributed by atoms with E-state index in [4.69, 9.17) is 18.0 Å². The number of nitrogens with zero attached hydrogens (tertiary/aromatic N) is 1. The number of nitrogens with two attached hydrogens (primary N) is 1. The molecule has 1 unspecified atom stereocenters. The van der Waals surface area contributed by atoms with Crippen molar-refractivity contribution < 1.29 is 17.9 Å². The third-order valence-electron chi connectivity index (χ3n) is 2.14. The third kappa shape index (κ3) is 4.57. The number of hydrogen-bond donors (Lipinski definition) is 1. The molecule has 0 bridgehead atoms. The molecule has 0 fully saturated rings. The Morgan fingerprint density at radius 3 is 2.41 bits per heavy atom. The van der Waals surface area contributed by atoms with Crippen LogP contribution in [0.5, 0.6) is 0 Å². The zero-order valence-electron chi connectivity index (χ0n) is 10.2. The molecule has 0 rings (SSSR count). The Labute approximate surface area is 107 Å². The zero-order chi connectivity index (χ0) is 13.6. The van der Waals surface area contributed by atoms with Crippen LogP contribution in [0.3, 0.4) is 0 Å². The highest BCUT2D eigenvalue weighted by Gasteiger charge is 2.34. The van der Waals surface area contributed by atoms with Gasteiger partial charge in [0.2, 0.25) is 10.0 Å². The smallest absolute Gasteiger partial charge is 0.325 e. The molecule has 0 saturated heterocycles. The molecule has 8 heteroatoms. The highest BCUT2D eigenvalue weighted by atomic mass is 32.2. The fraction of sp³-hybridized carbons (Fsp3) is 0.778. The van der Waals surface area contributed by atoms with E-state index in [0.29, 0.717) is 6.42 Å². The van der Waals surface area contributed by atoms with Gasteiger partial charge in [-0.3, -0.25) is 4.79 Å². The summed E-state index contributed by atoms with van der Waals surface area (Å²) in [5, 5.41) is -1.26. The number of rotatable bonds is 7. The first-order valence-corrected chi connectivity index (χ1v) is 7.03. The predicted octanol–water partition coefficient (Wildman–Crippen LogP) is -0.124. The Morgan fingerprint density at radius 2 is 2.06 bits per heavy atom. The number of methoxy groups -OCH3 is 1. The van der Waals surface area contributed by atoms with Crippen LogP contribution >= 0.6 is 12.2 Å². The van der Waals surface area contributed by atoms with Crippen LogP contribution in [0.1, 0.15) is 20.3 Å². The van der Waals surface area contributed by atoms with E-state index in [0.717, 1.165) is 11.4 Å². The lowest BCUT2D eigenvalue weighted by Crippen LogP contribution is -2.45. The second-order valence-electron chi connectivity index (χ2n) is 3.51. The SMILES string of the molecule is CCCN(CC(N)=S)S(=O)(=O)C(C)C(=O)OC. The summed E-state index contributed by atoms with van der Waals surface area (Å²) in [6.07, 6.45) is 0.607. The van der Waals surface area contributed by atoms with E-state index in [1.54, 1.807) is 0 Å². The van der Waals surface area contributed by atoms with Crippen LogP contribution < -0.4 is 5.73 Å². The molecule has 0 spiro atoms. The Morgan fingerprint density at radius 1 is 1.53 bits per heavy atom. The summed E-state index contributed by atoms with van der Waals surface area (Å²) in [4.78, 5) is 11.3. The molecule has 17 heavy (non-hydrogen) atoms. The minimum absolute atomic E-state index is 0.0627. The zero-order valence-corrected chi connectivity index (χ0v) is 11.8. The maximum absolute atomic E-state index is 12.1. The fourth-order valence-electron chi connectivity index (χ4n) is 1.23. The quantitative estimate of drug-likeness (QED) is 0.517. The van der Waals surface area contributed by atoms with E-state index in [1.165, 1.54) is 6.92 Å². The lowest BCUT2D eigenvalue weighted by atomic mass is 10.5. The molecule has 0 aliphatic heterocycles. The van der Waals surface area contributed by atoms with Gasteiger partial charge in [-0.25, -0.2) is 8.42 Å². The molecule has 0 heterocycles. The van der Waals surface area contributed by atoms with E-state index in [-0.39, 0.29) is 18.1 Å². The molecule has 0 aliphatic rings. The maximum atomic E-state index is 12.1. The van der Waals surface area contributed by atoms with Crippen LogP contribution in [0, 0.1) is 0 Å². The molecule has 100 valence electrons. The molecule has 0 aliphatic carbocycles. The van der Waals surface area contributed by atoms with Gasteiger partial charge in [0.15, 0.2) is 5.25 Å². The van der Waals surface area contributed by atoms with E-state index >= 15 is 0 Å². The predicted molar refractivity (Wildman–Crippen MR) is 69.0 cm³/mol. The largest absolute Gasteiger partial charge is 0.468 e. The Kier molecular flexibility index (Phi) is 6.58.